The first-order chi connectivity index (χ1) is 9.49. The van der Waals surface area contributed by atoms with Crippen LogP contribution in [0.1, 0.15) is 44.7 Å². The van der Waals surface area contributed by atoms with Crippen LogP contribution in [-0.4, -0.2) is 24.5 Å². The number of halogens is 2. The summed E-state index contributed by atoms with van der Waals surface area (Å²) in [5.41, 5.74) is 7.04. The van der Waals surface area contributed by atoms with Gasteiger partial charge >= 0.3 is 0 Å². The monoisotopic (exact) mass is 282 g/mol. The van der Waals surface area contributed by atoms with Crippen molar-refractivity contribution < 1.29 is 8.78 Å². The van der Waals surface area contributed by atoms with E-state index in [0.717, 1.165) is 31.5 Å². The second-order valence-corrected chi connectivity index (χ2v) is 6.13. The smallest absolute Gasteiger partial charge is 0.159 e. The third-order valence-electron chi connectivity index (χ3n) is 4.85. The van der Waals surface area contributed by atoms with Gasteiger partial charge in [-0.05, 0) is 49.0 Å². The fourth-order valence-electron chi connectivity index (χ4n) is 2.94. The minimum Gasteiger partial charge on any atom is -0.329 e. The molecular weight excluding hydrogens is 258 g/mol. The zero-order chi connectivity index (χ0) is 14.8. The Balaban J connectivity index is 2.11. The molecule has 0 aromatic heterocycles. The molecule has 1 aliphatic heterocycles. The molecule has 1 heterocycles. The Morgan fingerprint density at radius 1 is 1.25 bits per heavy atom. The molecule has 0 amide bonds. The Morgan fingerprint density at radius 3 is 2.40 bits per heavy atom. The van der Waals surface area contributed by atoms with Crippen molar-refractivity contribution >= 4 is 0 Å². The van der Waals surface area contributed by atoms with Crippen LogP contribution < -0.4 is 5.73 Å². The first kappa shape index (κ1) is 15.4. The summed E-state index contributed by atoms with van der Waals surface area (Å²) in [6.45, 7) is 6.90. The molecule has 1 aromatic rings. The molecule has 112 valence electrons. The minimum atomic E-state index is -0.804. The quantitative estimate of drug-likeness (QED) is 0.916. The van der Waals surface area contributed by atoms with Gasteiger partial charge in [0.25, 0.3) is 0 Å². The number of benzene rings is 1. The predicted octanol–water partition coefficient (Wildman–Crippen LogP) is 3.48. The highest BCUT2D eigenvalue weighted by Crippen LogP contribution is 2.36. The molecule has 1 fully saturated rings. The fraction of sp³-hybridized carbons (Fsp3) is 0.625. The third kappa shape index (κ3) is 3.18. The van der Waals surface area contributed by atoms with Gasteiger partial charge in [-0.3, -0.25) is 4.90 Å². The van der Waals surface area contributed by atoms with Crippen LogP contribution in [0.25, 0.3) is 0 Å². The summed E-state index contributed by atoms with van der Waals surface area (Å²) in [5, 5.41) is 0. The zero-order valence-corrected chi connectivity index (χ0v) is 12.3. The molecule has 1 aromatic carbocycles. The topological polar surface area (TPSA) is 29.3 Å². The second-order valence-electron chi connectivity index (χ2n) is 6.13. The van der Waals surface area contributed by atoms with Crippen LogP contribution in [0.2, 0.25) is 0 Å². The van der Waals surface area contributed by atoms with Crippen molar-refractivity contribution in [1.82, 2.24) is 4.90 Å². The van der Waals surface area contributed by atoms with Crippen molar-refractivity contribution in [2.75, 3.05) is 19.6 Å². The van der Waals surface area contributed by atoms with E-state index < -0.39 is 11.6 Å². The molecule has 0 aliphatic carbocycles. The summed E-state index contributed by atoms with van der Waals surface area (Å²) in [6, 6.07) is 4.09. The Kier molecular flexibility index (Phi) is 4.76. The number of rotatable bonds is 4. The van der Waals surface area contributed by atoms with Crippen molar-refractivity contribution in [1.29, 1.82) is 0 Å². The summed E-state index contributed by atoms with van der Waals surface area (Å²) in [5.74, 6) is -1.60. The Morgan fingerprint density at radius 2 is 1.90 bits per heavy atom. The van der Waals surface area contributed by atoms with E-state index in [1.807, 2.05) is 0 Å². The van der Waals surface area contributed by atoms with Crippen molar-refractivity contribution in [3.8, 4) is 0 Å². The van der Waals surface area contributed by atoms with Crippen LogP contribution in [-0.2, 0) is 0 Å². The van der Waals surface area contributed by atoms with Crippen molar-refractivity contribution in [2.24, 2.45) is 11.1 Å². The maximum atomic E-state index is 13.4. The molecule has 2 nitrogen and oxygen atoms in total. The van der Waals surface area contributed by atoms with Crippen LogP contribution in [0.4, 0.5) is 8.78 Å². The first-order valence-corrected chi connectivity index (χ1v) is 7.38. The molecule has 0 saturated carbocycles. The molecule has 20 heavy (non-hydrogen) atoms. The van der Waals surface area contributed by atoms with Crippen LogP contribution in [0, 0.1) is 17.0 Å². The normalized spacial score (nSPS) is 20.9. The molecule has 1 atom stereocenters. The zero-order valence-electron chi connectivity index (χ0n) is 12.3. The number of nitrogens with zero attached hydrogens (tertiary/aromatic N) is 1. The van der Waals surface area contributed by atoms with Gasteiger partial charge < -0.3 is 5.73 Å². The van der Waals surface area contributed by atoms with E-state index in [2.05, 4.69) is 18.7 Å². The van der Waals surface area contributed by atoms with E-state index in [9.17, 15) is 8.78 Å². The first-order valence-electron chi connectivity index (χ1n) is 7.38. The summed E-state index contributed by atoms with van der Waals surface area (Å²) >= 11 is 0. The van der Waals surface area contributed by atoms with Crippen LogP contribution >= 0.6 is 0 Å². The molecule has 2 N–H and O–H groups in total. The molecule has 1 saturated heterocycles. The largest absolute Gasteiger partial charge is 0.329 e. The molecule has 4 heteroatoms. The summed E-state index contributed by atoms with van der Waals surface area (Å²) in [4.78, 5) is 2.30. The molecule has 2 rings (SSSR count). The van der Waals surface area contributed by atoms with E-state index in [-0.39, 0.29) is 6.04 Å². The average Bonchev–Trinajstić information content (AvgIpc) is 2.46. The lowest BCUT2D eigenvalue weighted by Gasteiger charge is -2.42. The van der Waals surface area contributed by atoms with Crippen molar-refractivity contribution in [3.63, 3.8) is 0 Å². The highest BCUT2D eigenvalue weighted by Gasteiger charge is 2.31. The molecule has 0 radical (unpaired) electrons. The maximum absolute atomic E-state index is 13.4. The highest BCUT2D eigenvalue weighted by molar-refractivity contribution is 5.22. The van der Waals surface area contributed by atoms with Crippen molar-refractivity contribution in [3.05, 3.63) is 35.4 Å². The van der Waals surface area contributed by atoms with Gasteiger partial charge in [0.2, 0.25) is 0 Å². The van der Waals surface area contributed by atoms with Gasteiger partial charge in [0.15, 0.2) is 11.6 Å². The highest BCUT2D eigenvalue weighted by atomic mass is 19.2. The Hall–Kier alpha value is -1.00. The van der Waals surface area contributed by atoms with Gasteiger partial charge in [0.1, 0.15) is 0 Å². The van der Waals surface area contributed by atoms with Crippen molar-refractivity contribution in [2.45, 2.75) is 39.2 Å². The fourth-order valence-corrected chi connectivity index (χ4v) is 2.94. The molecule has 0 spiro atoms. The van der Waals surface area contributed by atoms with Crippen LogP contribution in [0.3, 0.4) is 0 Å². The lowest BCUT2D eigenvalue weighted by molar-refractivity contribution is 0.0827. The van der Waals surface area contributed by atoms with E-state index >= 15 is 0 Å². The molecular formula is C16H24F2N2. The Labute approximate surface area is 120 Å². The number of nitrogens with two attached hydrogens (primary N) is 1. The lowest BCUT2D eigenvalue weighted by atomic mass is 9.78. The third-order valence-corrected chi connectivity index (χ3v) is 4.85. The standard InChI is InChI=1S/C16H24F2N2/c1-3-16(2)6-8-20(9-7-16)15(11-19)12-4-5-13(17)14(18)10-12/h4-5,10,15H,3,6-9,11,19H2,1-2H3. The molecule has 1 unspecified atom stereocenters. The van der Waals surface area contributed by atoms with Gasteiger partial charge in [0.05, 0.1) is 0 Å². The predicted molar refractivity (Wildman–Crippen MR) is 77.4 cm³/mol. The van der Waals surface area contributed by atoms with Crippen LogP contribution in [0.15, 0.2) is 18.2 Å². The maximum Gasteiger partial charge on any atom is 0.159 e. The SMILES string of the molecule is CCC1(C)CCN(C(CN)c2ccc(F)c(F)c2)CC1. The van der Waals surface area contributed by atoms with E-state index in [1.165, 1.54) is 18.6 Å². The van der Waals surface area contributed by atoms with E-state index in [4.69, 9.17) is 5.73 Å². The molecule has 1 aliphatic rings. The number of likely N-dealkylation sites (tertiary alicyclic amines) is 1. The molecule has 0 bridgehead atoms. The van der Waals surface area contributed by atoms with Gasteiger partial charge in [-0.15, -0.1) is 0 Å². The van der Waals surface area contributed by atoms with Crippen LogP contribution in [0.5, 0.6) is 0 Å². The average molecular weight is 282 g/mol. The number of piperidine rings is 1. The summed E-state index contributed by atoms with van der Waals surface area (Å²) < 4.78 is 26.4. The summed E-state index contributed by atoms with van der Waals surface area (Å²) in [6.07, 6.45) is 3.44. The minimum absolute atomic E-state index is 0.0218. The van der Waals surface area contributed by atoms with Gasteiger partial charge in [0, 0.05) is 12.6 Å². The number of hydrogen-bond acceptors (Lipinski definition) is 2. The summed E-state index contributed by atoms with van der Waals surface area (Å²) in [7, 11) is 0. The Bertz CT molecular complexity index is 454. The van der Waals surface area contributed by atoms with E-state index in [0.29, 0.717) is 12.0 Å². The van der Waals surface area contributed by atoms with Gasteiger partial charge in [-0.1, -0.05) is 26.3 Å². The second kappa shape index (κ2) is 6.19. The van der Waals surface area contributed by atoms with Gasteiger partial charge in [-0.2, -0.15) is 0 Å². The van der Waals surface area contributed by atoms with Gasteiger partial charge in [-0.25, -0.2) is 8.78 Å². The van der Waals surface area contributed by atoms with E-state index in [1.54, 1.807) is 6.07 Å². The number of hydrogen-bond donors (Lipinski definition) is 1. The lowest BCUT2D eigenvalue weighted by Crippen LogP contribution is -2.42.